The van der Waals surface area contributed by atoms with Crippen LogP contribution in [0.3, 0.4) is 0 Å². The Labute approximate surface area is 156 Å². The summed E-state index contributed by atoms with van der Waals surface area (Å²) in [7, 11) is 1.61. The summed E-state index contributed by atoms with van der Waals surface area (Å²) < 4.78 is 5.14. The molecule has 0 atom stereocenters. The van der Waals surface area contributed by atoms with Crippen LogP contribution in [-0.2, 0) is 0 Å². The number of aryl methyl sites for hydroxylation is 1. The number of carbonyl (C=O) groups is 1. The van der Waals surface area contributed by atoms with Gasteiger partial charge in [0, 0.05) is 11.8 Å². The number of amides is 1. The molecule has 0 unspecified atom stereocenters. The molecule has 132 valence electrons. The van der Waals surface area contributed by atoms with Crippen molar-refractivity contribution in [1.82, 2.24) is 9.97 Å². The van der Waals surface area contributed by atoms with Gasteiger partial charge in [-0.1, -0.05) is 23.7 Å². The molecule has 1 aromatic heterocycles. The van der Waals surface area contributed by atoms with Crippen molar-refractivity contribution in [3.05, 3.63) is 71.1 Å². The van der Waals surface area contributed by atoms with Crippen molar-refractivity contribution in [2.45, 2.75) is 6.92 Å². The number of hydrogen-bond acceptors (Lipinski definition) is 5. The van der Waals surface area contributed by atoms with E-state index in [2.05, 4.69) is 20.6 Å². The lowest BCUT2D eigenvalue weighted by Gasteiger charge is -2.10. The van der Waals surface area contributed by atoms with E-state index >= 15 is 0 Å². The van der Waals surface area contributed by atoms with E-state index in [0.717, 1.165) is 11.4 Å². The largest absolute Gasteiger partial charge is 0.497 e. The lowest BCUT2D eigenvalue weighted by Crippen LogP contribution is -2.15. The Kier molecular flexibility index (Phi) is 5.34. The molecule has 0 bridgehead atoms. The van der Waals surface area contributed by atoms with Crippen molar-refractivity contribution in [2.24, 2.45) is 0 Å². The Balaban J connectivity index is 1.80. The van der Waals surface area contributed by atoms with Crippen molar-refractivity contribution < 1.29 is 9.53 Å². The maximum Gasteiger partial charge on any atom is 0.274 e. The molecular weight excluding hydrogens is 352 g/mol. The summed E-state index contributed by atoms with van der Waals surface area (Å²) in [4.78, 5) is 21.0. The minimum absolute atomic E-state index is 0.244. The summed E-state index contributed by atoms with van der Waals surface area (Å²) in [5.41, 5.74) is 1.59. The molecule has 3 aromatic rings. The lowest BCUT2D eigenvalue weighted by atomic mass is 10.2. The smallest absolute Gasteiger partial charge is 0.274 e. The third-order valence-corrected chi connectivity index (χ3v) is 3.88. The molecule has 6 nitrogen and oxygen atoms in total. The monoisotopic (exact) mass is 368 g/mol. The van der Waals surface area contributed by atoms with Crippen LogP contribution in [0.25, 0.3) is 0 Å². The maximum atomic E-state index is 12.5. The number of nitrogens with zero attached hydrogens (tertiary/aromatic N) is 2. The number of aromatic nitrogens is 2. The average molecular weight is 369 g/mol. The zero-order valence-electron chi connectivity index (χ0n) is 14.3. The summed E-state index contributed by atoms with van der Waals surface area (Å²) in [6, 6.07) is 16.0. The van der Waals surface area contributed by atoms with E-state index in [-0.39, 0.29) is 11.6 Å². The summed E-state index contributed by atoms with van der Waals surface area (Å²) in [6.45, 7) is 1.73. The quantitative estimate of drug-likeness (QED) is 0.696. The highest BCUT2D eigenvalue weighted by atomic mass is 35.5. The second kappa shape index (κ2) is 7.84. The van der Waals surface area contributed by atoms with E-state index in [9.17, 15) is 4.79 Å². The van der Waals surface area contributed by atoms with Crippen LogP contribution in [0.5, 0.6) is 5.75 Å². The van der Waals surface area contributed by atoms with Crippen molar-refractivity contribution in [2.75, 3.05) is 17.7 Å². The van der Waals surface area contributed by atoms with Crippen LogP contribution in [0.2, 0.25) is 5.02 Å². The van der Waals surface area contributed by atoms with E-state index in [1.165, 1.54) is 0 Å². The van der Waals surface area contributed by atoms with Crippen LogP contribution >= 0.6 is 11.6 Å². The number of ether oxygens (including phenoxy) is 1. The fraction of sp³-hybridized carbons (Fsp3) is 0.105. The fourth-order valence-electron chi connectivity index (χ4n) is 2.32. The second-order valence-electron chi connectivity index (χ2n) is 5.47. The SMILES string of the molecule is COc1ccc(Nc2cc(C(=O)Nc3ccccc3Cl)nc(C)n2)cc1. The van der Waals surface area contributed by atoms with E-state index in [4.69, 9.17) is 16.3 Å². The van der Waals surface area contributed by atoms with Gasteiger partial charge < -0.3 is 15.4 Å². The van der Waals surface area contributed by atoms with E-state index < -0.39 is 0 Å². The van der Waals surface area contributed by atoms with Crippen molar-refractivity contribution in [1.29, 1.82) is 0 Å². The van der Waals surface area contributed by atoms with Gasteiger partial charge in [0.25, 0.3) is 5.91 Å². The Bertz CT molecular complexity index is 929. The summed E-state index contributed by atoms with van der Waals surface area (Å²) >= 11 is 6.08. The lowest BCUT2D eigenvalue weighted by molar-refractivity contribution is 0.102. The molecule has 1 heterocycles. The van der Waals surface area contributed by atoms with Crippen LogP contribution in [0, 0.1) is 6.92 Å². The summed E-state index contributed by atoms with van der Waals surface area (Å²) in [5, 5.41) is 6.37. The summed E-state index contributed by atoms with van der Waals surface area (Å²) in [5.74, 6) is 1.40. The maximum absolute atomic E-state index is 12.5. The Hall–Kier alpha value is -3.12. The van der Waals surface area contributed by atoms with Gasteiger partial charge in [0.1, 0.15) is 23.1 Å². The molecule has 2 N–H and O–H groups in total. The molecule has 3 rings (SSSR count). The van der Waals surface area contributed by atoms with Crippen LogP contribution in [0.4, 0.5) is 17.2 Å². The number of benzene rings is 2. The van der Waals surface area contributed by atoms with E-state index in [1.807, 2.05) is 24.3 Å². The predicted molar refractivity (Wildman–Crippen MR) is 102 cm³/mol. The van der Waals surface area contributed by atoms with Gasteiger partial charge in [0.15, 0.2) is 0 Å². The van der Waals surface area contributed by atoms with Crippen LogP contribution in [0.1, 0.15) is 16.3 Å². The third kappa shape index (κ3) is 4.29. The molecule has 0 fully saturated rings. The zero-order chi connectivity index (χ0) is 18.5. The van der Waals surface area contributed by atoms with Crippen LogP contribution in [-0.4, -0.2) is 23.0 Å². The van der Waals surface area contributed by atoms with Gasteiger partial charge in [-0.15, -0.1) is 0 Å². The molecular formula is C19H17ClN4O2. The molecule has 0 aliphatic heterocycles. The van der Waals surface area contributed by atoms with Gasteiger partial charge in [0.05, 0.1) is 17.8 Å². The predicted octanol–water partition coefficient (Wildman–Crippen LogP) is 4.44. The standard InChI is InChI=1S/C19H17ClN4O2/c1-12-21-17(19(25)24-16-6-4-3-5-15(16)20)11-18(22-12)23-13-7-9-14(26-2)10-8-13/h3-11H,1-2H3,(H,24,25)(H,21,22,23). The summed E-state index contributed by atoms with van der Waals surface area (Å²) in [6.07, 6.45) is 0. The minimum atomic E-state index is -0.360. The number of carbonyl (C=O) groups excluding carboxylic acids is 1. The highest BCUT2D eigenvalue weighted by molar-refractivity contribution is 6.33. The Morgan fingerprint density at radius 2 is 1.81 bits per heavy atom. The molecule has 2 aromatic carbocycles. The van der Waals surface area contributed by atoms with Gasteiger partial charge in [-0.05, 0) is 43.3 Å². The average Bonchev–Trinajstić information content (AvgIpc) is 2.64. The van der Waals surface area contributed by atoms with E-state index in [1.54, 1.807) is 44.4 Å². The molecule has 1 amide bonds. The number of rotatable bonds is 5. The first-order valence-electron chi connectivity index (χ1n) is 7.88. The molecule has 7 heteroatoms. The van der Waals surface area contributed by atoms with Gasteiger partial charge in [-0.2, -0.15) is 0 Å². The van der Waals surface area contributed by atoms with Crippen molar-refractivity contribution >= 4 is 34.7 Å². The first kappa shape index (κ1) is 17.7. The third-order valence-electron chi connectivity index (χ3n) is 3.56. The molecule has 0 radical (unpaired) electrons. The van der Waals surface area contributed by atoms with Crippen molar-refractivity contribution in [3.63, 3.8) is 0 Å². The van der Waals surface area contributed by atoms with Gasteiger partial charge in [-0.3, -0.25) is 4.79 Å². The number of para-hydroxylation sites is 1. The van der Waals surface area contributed by atoms with Gasteiger partial charge >= 0.3 is 0 Å². The van der Waals surface area contributed by atoms with Gasteiger partial charge in [0.2, 0.25) is 0 Å². The van der Waals surface area contributed by atoms with Crippen LogP contribution in [0.15, 0.2) is 54.6 Å². The fourth-order valence-corrected chi connectivity index (χ4v) is 2.50. The minimum Gasteiger partial charge on any atom is -0.497 e. The number of hydrogen-bond donors (Lipinski definition) is 2. The molecule has 0 aliphatic carbocycles. The molecule has 26 heavy (non-hydrogen) atoms. The van der Waals surface area contributed by atoms with Crippen molar-refractivity contribution in [3.8, 4) is 5.75 Å². The number of halogens is 1. The highest BCUT2D eigenvalue weighted by Crippen LogP contribution is 2.22. The number of anilines is 3. The number of methoxy groups -OCH3 is 1. The Morgan fingerprint density at radius 3 is 2.50 bits per heavy atom. The number of nitrogens with one attached hydrogen (secondary N) is 2. The normalized spacial score (nSPS) is 10.3. The zero-order valence-corrected chi connectivity index (χ0v) is 15.0. The van der Waals surface area contributed by atoms with Crippen LogP contribution < -0.4 is 15.4 Å². The second-order valence-corrected chi connectivity index (χ2v) is 5.88. The molecule has 0 saturated heterocycles. The molecule has 0 saturated carbocycles. The van der Waals surface area contributed by atoms with E-state index in [0.29, 0.717) is 22.4 Å². The van der Waals surface area contributed by atoms with Gasteiger partial charge in [-0.25, -0.2) is 9.97 Å². The topological polar surface area (TPSA) is 76.1 Å². The molecule has 0 aliphatic rings. The first-order chi connectivity index (χ1) is 12.5. The highest BCUT2D eigenvalue weighted by Gasteiger charge is 2.12. The first-order valence-corrected chi connectivity index (χ1v) is 8.25. The Morgan fingerprint density at radius 1 is 1.08 bits per heavy atom. The molecule has 0 spiro atoms.